The third kappa shape index (κ3) is 3.33. The number of benzene rings is 1. The molecule has 5 nitrogen and oxygen atoms in total. The molecule has 132 valence electrons. The van der Waals surface area contributed by atoms with Gasteiger partial charge in [0, 0.05) is 38.4 Å². The summed E-state index contributed by atoms with van der Waals surface area (Å²) in [7, 11) is 0. The van der Waals surface area contributed by atoms with Gasteiger partial charge in [-0.1, -0.05) is 24.3 Å². The van der Waals surface area contributed by atoms with Crippen molar-refractivity contribution in [2.75, 3.05) is 26.2 Å². The van der Waals surface area contributed by atoms with Crippen molar-refractivity contribution in [2.24, 2.45) is 0 Å². The van der Waals surface area contributed by atoms with Crippen molar-refractivity contribution in [1.29, 1.82) is 5.26 Å². The number of aryl methyl sites for hydroxylation is 1. The van der Waals surface area contributed by atoms with E-state index in [1.54, 1.807) is 12.1 Å². The lowest BCUT2D eigenvalue weighted by Gasteiger charge is -2.41. The molecule has 5 heteroatoms. The SMILES string of the molecule is N#Cc1ccc(C(=O)N2CCN(C3CCc4ccccc4C3)CC2)cn1. The fraction of sp³-hybridized carbons (Fsp3) is 0.381. The first kappa shape index (κ1) is 16.7. The van der Waals surface area contributed by atoms with Crippen LogP contribution in [-0.2, 0) is 12.8 Å². The fourth-order valence-electron chi connectivity index (χ4n) is 4.05. The Kier molecular flexibility index (Phi) is 4.68. The highest BCUT2D eigenvalue weighted by molar-refractivity contribution is 5.94. The summed E-state index contributed by atoms with van der Waals surface area (Å²) >= 11 is 0. The predicted molar refractivity (Wildman–Crippen MR) is 98.7 cm³/mol. The first-order valence-corrected chi connectivity index (χ1v) is 9.21. The van der Waals surface area contributed by atoms with Crippen LogP contribution in [0.25, 0.3) is 0 Å². The smallest absolute Gasteiger partial charge is 0.255 e. The number of fused-ring (bicyclic) bond motifs is 1. The highest BCUT2D eigenvalue weighted by Crippen LogP contribution is 2.25. The van der Waals surface area contributed by atoms with Gasteiger partial charge in [-0.3, -0.25) is 9.69 Å². The quantitative estimate of drug-likeness (QED) is 0.837. The van der Waals surface area contributed by atoms with E-state index in [1.807, 2.05) is 11.0 Å². The number of nitrogens with zero attached hydrogens (tertiary/aromatic N) is 4. The van der Waals surface area contributed by atoms with Gasteiger partial charge in [0.05, 0.1) is 5.56 Å². The molecule has 0 N–H and O–H groups in total. The molecule has 0 bridgehead atoms. The van der Waals surface area contributed by atoms with Gasteiger partial charge in [0.25, 0.3) is 5.91 Å². The Hall–Kier alpha value is -2.71. The third-order valence-electron chi connectivity index (χ3n) is 5.56. The summed E-state index contributed by atoms with van der Waals surface area (Å²) in [5, 5.41) is 8.82. The van der Waals surface area contributed by atoms with Crippen LogP contribution in [0, 0.1) is 11.3 Å². The fourth-order valence-corrected chi connectivity index (χ4v) is 4.05. The number of aromatic nitrogens is 1. The molecule has 2 aliphatic rings. The van der Waals surface area contributed by atoms with E-state index in [1.165, 1.54) is 23.7 Å². The maximum absolute atomic E-state index is 12.6. The zero-order valence-electron chi connectivity index (χ0n) is 14.8. The summed E-state index contributed by atoms with van der Waals surface area (Å²) in [5.41, 5.74) is 3.87. The minimum absolute atomic E-state index is 0.00984. The van der Waals surface area contributed by atoms with Crippen LogP contribution < -0.4 is 0 Å². The number of hydrogen-bond donors (Lipinski definition) is 0. The van der Waals surface area contributed by atoms with E-state index >= 15 is 0 Å². The molecule has 1 aliphatic heterocycles. The summed E-state index contributed by atoms with van der Waals surface area (Å²) in [6.45, 7) is 3.33. The summed E-state index contributed by atoms with van der Waals surface area (Å²) < 4.78 is 0. The van der Waals surface area contributed by atoms with Crippen LogP contribution in [0.1, 0.15) is 33.6 Å². The van der Waals surface area contributed by atoms with Crippen molar-refractivity contribution in [3.05, 3.63) is 65.0 Å². The Balaban J connectivity index is 1.35. The van der Waals surface area contributed by atoms with Crippen LogP contribution in [0.3, 0.4) is 0 Å². The van der Waals surface area contributed by atoms with E-state index in [9.17, 15) is 4.79 Å². The predicted octanol–water partition coefficient (Wildman–Crippen LogP) is 2.27. The summed E-state index contributed by atoms with van der Waals surface area (Å²) in [4.78, 5) is 21.1. The van der Waals surface area contributed by atoms with Crippen molar-refractivity contribution in [3.63, 3.8) is 0 Å². The van der Waals surface area contributed by atoms with Gasteiger partial charge >= 0.3 is 0 Å². The van der Waals surface area contributed by atoms with Crippen LogP contribution in [0.5, 0.6) is 0 Å². The van der Waals surface area contributed by atoms with E-state index in [-0.39, 0.29) is 5.91 Å². The highest BCUT2D eigenvalue weighted by atomic mass is 16.2. The summed E-state index contributed by atoms with van der Waals surface area (Å²) in [5.74, 6) is 0.00984. The number of nitriles is 1. The van der Waals surface area contributed by atoms with Crippen LogP contribution in [0.15, 0.2) is 42.6 Å². The molecule has 1 unspecified atom stereocenters. The second-order valence-corrected chi connectivity index (χ2v) is 7.04. The molecular weight excluding hydrogens is 324 g/mol. The Morgan fingerprint density at radius 1 is 1.08 bits per heavy atom. The van der Waals surface area contributed by atoms with Gasteiger partial charge in [-0.15, -0.1) is 0 Å². The van der Waals surface area contributed by atoms with Gasteiger partial charge in [-0.2, -0.15) is 5.26 Å². The molecule has 1 fully saturated rings. The van der Waals surface area contributed by atoms with Crippen molar-refractivity contribution >= 4 is 5.91 Å². The first-order chi connectivity index (χ1) is 12.7. The molecule has 1 amide bonds. The lowest BCUT2D eigenvalue weighted by atomic mass is 9.87. The molecule has 26 heavy (non-hydrogen) atoms. The number of amides is 1. The third-order valence-corrected chi connectivity index (χ3v) is 5.56. The molecule has 1 aliphatic carbocycles. The van der Waals surface area contributed by atoms with Crippen LogP contribution in [-0.4, -0.2) is 52.9 Å². The maximum Gasteiger partial charge on any atom is 0.255 e. The molecule has 0 saturated carbocycles. The zero-order valence-corrected chi connectivity index (χ0v) is 14.8. The van der Waals surface area contributed by atoms with Crippen molar-refractivity contribution < 1.29 is 4.79 Å². The van der Waals surface area contributed by atoms with Gasteiger partial charge in [0.15, 0.2) is 0 Å². The van der Waals surface area contributed by atoms with Gasteiger partial charge in [0.1, 0.15) is 11.8 Å². The Morgan fingerprint density at radius 2 is 1.85 bits per heavy atom. The minimum Gasteiger partial charge on any atom is -0.336 e. The first-order valence-electron chi connectivity index (χ1n) is 9.21. The van der Waals surface area contributed by atoms with Gasteiger partial charge < -0.3 is 4.90 Å². The standard InChI is InChI=1S/C21H22N4O/c22-14-19-7-5-18(15-23-19)21(26)25-11-9-24(10-12-25)20-8-6-16-3-1-2-4-17(16)13-20/h1-5,7,15,20H,6,8-13H2. The van der Waals surface area contributed by atoms with E-state index in [2.05, 4.69) is 34.1 Å². The second kappa shape index (κ2) is 7.27. The van der Waals surface area contributed by atoms with Crippen molar-refractivity contribution in [1.82, 2.24) is 14.8 Å². The van der Waals surface area contributed by atoms with Crippen molar-refractivity contribution in [2.45, 2.75) is 25.3 Å². The number of piperazine rings is 1. The van der Waals surface area contributed by atoms with Crippen LogP contribution in [0.2, 0.25) is 0 Å². The van der Waals surface area contributed by atoms with Gasteiger partial charge in [-0.25, -0.2) is 4.98 Å². The molecule has 0 spiro atoms. The van der Waals surface area contributed by atoms with Crippen LogP contribution >= 0.6 is 0 Å². The Labute approximate surface area is 153 Å². The largest absolute Gasteiger partial charge is 0.336 e. The van der Waals surface area contributed by atoms with E-state index in [0.717, 1.165) is 39.0 Å². The maximum atomic E-state index is 12.6. The zero-order chi connectivity index (χ0) is 17.9. The Morgan fingerprint density at radius 3 is 2.54 bits per heavy atom. The van der Waals surface area contributed by atoms with Gasteiger partial charge in [0.2, 0.25) is 0 Å². The normalized spacial score (nSPS) is 20.3. The lowest BCUT2D eigenvalue weighted by Crippen LogP contribution is -2.53. The number of hydrogen-bond acceptors (Lipinski definition) is 4. The molecule has 2 aromatic rings. The molecule has 2 heterocycles. The average Bonchev–Trinajstić information content (AvgIpc) is 2.73. The molecule has 4 rings (SSSR count). The molecule has 0 radical (unpaired) electrons. The summed E-state index contributed by atoms with van der Waals surface area (Å²) in [6, 6.07) is 14.6. The van der Waals surface area contributed by atoms with E-state index in [0.29, 0.717) is 17.3 Å². The molecular formula is C21H22N4O. The molecule has 1 aromatic heterocycles. The number of carbonyl (C=O) groups is 1. The number of pyridine rings is 1. The van der Waals surface area contributed by atoms with E-state index < -0.39 is 0 Å². The molecule has 1 atom stereocenters. The second-order valence-electron chi connectivity index (χ2n) is 7.04. The summed E-state index contributed by atoms with van der Waals surface area (Å²) in [6.07, 6.45) is 4.97. The topological polar surface area (TPSA) is 60.2 Å². The van der Waals surface area contributed by atoms with E-state index in [4.69, 9.17) is 5.26 Å². The molecule has 1 aromatic carbocycles. The average molecular weight is 346 g/mol. The Bertz CT molecular complexity index is 832. The monoisotopic (exact) mass is 346 g/mol. The lowest BCUT2D eigenvalue weighted by molar-refractivity contribution is 0.0552. The number of rotatable bonds is 2. The van der Waals surface area contributed by atoms with Crippen molar-refractivity contribution in [3.8, 4) is 6.07 Å². The number of carbonyl (C=O) groups excluding carboxylic acids is 1. The minimum atomic E-state index is 0.00984. The highest BCUT2D eigenvalue weighted by Gasteiger charge is 2.29. The van der Waals surface area contributed by atoms with Crippen LogP contribution in [0.4, 0.5) is 0 Å². The van der Waals surface area contributed by atoms with Gasteiger partial charge in [-0.05, 0) is 42.5 Å². The molecule has 1 saturated heterocycles.